The van der Waals surface area contributed by atoms with Gasteiger partial charge in [-0.3, -0.25) is 10.7 Å². The van der Waals surface area contributed by atoms with Gasteiger partial charge in [0, 0.05) is 0 Å². The summed E-state index contributed by atoms with van der Waals surface area (Å²) in [5.41, 5.74) is 1.53. The monoisotopic (exact) mass is 205 g/mol. The molecule has 0 aliphatic heterocycles. The van der Waals surface area contributed by atoms with Gasteiger partial charge in [0.25, 0.3) is 11.2 Å². The molecule has 2 rings (SSSR count). The molecule has 1 aromatic heterocycles. The Morgan fingerprint density at radius 1 is 1.47 bits per heavy atom. The van der Waals surface area contributed by atoms with Crippen molar-refractivity contribution in [3.8, 4) is 17.0 Å². The van der Waals surface area contributed by atoms with E-state index in [0.717, 1.165) is 11.3 Å². The van der Waals surface area contributed by atoms with Crippen LogP contribution in [-0.2, 0) is 7.05 Å². The van der Waals surface area contributed by atoms with Crippen molar-refractivity contribution in [2.45, 2.75) is 0 Å². The van der Waals surface area contributed by atoms with Crippen LogP contribution in [0.3, 0.4) is 0 Å². The average molecular weight is 205 g/mol. The standard InChI is InChI=1S/C10H11N3O2/c1-13-9(10(11)15-12-13)7-4-3-5-8(6-7)14-2/h3-6,11H,1-2H3. The normalized spacial score (nSPS) is 10.3. The first-order valence-corrected chi connectivity index (χ1v) is 4.44. The van der Waals surface area contributed by atoms with Crippen LogP contribution in [0.15, 0.2) is 28.8 Å². The number of nitrogens with zero attached hydrogens (tertiary/aromatic N) is 2. The number of aromatic nitrogens is 2. The number of methoxy groups -OCH3 is 1. The molecule has 5 heteroatoms. The molecule has 0 amide bonds. The van der Waals surface area contributed by atoms with E-state index in [1.54, 1.807) is 14.2 Å². The average Bonchev–Trinajstić information content (AvgIpc) is 2.59. The van der Waals surface area contributed by atoms with Crippen LogP contribution in [-0.4, -0.2) is 7.11 Å². The molecule has 0 aliphatic rings. The highest BCUT2D eigenvalue weighted by Crippen LogP contribution is 2.18. The molecule has 0 bridgehead atoms. The summed E-state index contributed by atoms with van der Waals surface area (Å²) in [6.07, 6.45) is 0. The van der Waals surface area contributed by atoms with Gasteiger partial charge < -0.3 is 9.26 Å². The summed E-state index contributed by atoms with van der Waals surface area (Å²) in [5, 5.41) is 11.2. The number of nitrogens with one attached hydrogen (secondary N) is 1. The third kappa shape index (κ3) is 1.63. The lowest BCUT2D eigenvalue weighted by Gasteiger charge is -2.00. The maximum absolute atomic E-state index is 7.57. The molecule has 0 unspecified atom stereocenters. The fraction of sp³-hybridized carbons (Fsp3) is 0.200. The largest absolute Gasteiger partial charge is 0.497 e. The number of hydrogen-bond acceptors (Lipinski definition) is 3. The molecule has 1 N–H and O–H groups in total. The van der Waals surface area contributed by atoms with E-state index in [9.17, 15) is 0 Å². The van der Waals surface area contributed by atoms with Gasteiger partial charge in [-0.1, -0.05) is 6.07 Å². The molecule has 15 heavy (non-hydrogen) atoms. The Morgan fingerprint density at radius 2 is 2.27 bits per heavy atom. The van der Waals surface area contributed by atoms with Gasteiger partial charge in [0.05, 0.1) is 12.7 Å². The molecule has 78 valence electrons. The maximum Gasteiger partial charge on any atom is 0.273 e. The minimum atomic E-state index is 0.0470. The van der Waals surface area contributed by atoms with Crippen molar-refractivity contribution in [3.63, 3.8) is 0 Å². The van der Waals surface area contributed by atoms with Crippen molar-refractivity contribution in [1.82, 2.24) is 5.27 Å². The highest BCUT2D eigenvalue weighted by Gasteiger charge is 2.12. The van der Waals surface area contributed by atoms with E-state index < -0.39 is 0 Å². The second-order valence-electron chi connectivity index (χ2n) is 3.11. The second-order valence-corrected chi connectivity index (χ2v) is 3.11. The van der Waals surface area contributed by atoms with Crippen LogP contribution in [0, 0.1) is 5.41 Å². The molecule has 0 fully saturated rings. The van der Waals surface area contributed by atoms with Gasteiger partial charge in [-0.25, -0.2) is 4.68 Å². The molecule has 0 atom stereocenters. The Morgan fingerprint density at radius 3 is 2.87 bits per heavy atom. The zero-order valence-electron chi connectivity index (χ0n) is 8.52. The van der Waals surface area contributed by atoms with E-state index in [0.29, 0.717) is 5.69 Å². The van der Waals surface area contributed by atoms with Crippen LogP contribution in [0.1, 0.15) is 0 Å². The molecular formula is C10H11N3O2. The SMILES string of the molecule is COc1cccc(-c2c(=N)o[n-][n+]2C)c1. The van der Waals surface area contributed by atoms with E-state index in [1.165, 1.54) is 4.68 Å². The minimum Gasteiger partial charge on any atom is -0.497 e. The van der Waals surface area contributed by atoms with E-state index in [2.05, 4.69) is 5.27 Å². The first-order chi connectivity index (χ1) is 7.22. The fourth-order valence-corrected chi connectivity index (χ4v) is 1.42. The lowest BCUT2D eigenvalue weighted by Crippen LogP contribution is -2.35. The van der Waals surface area contributed by atoms with Crippen molar-refractivity contribution >= 4 is 0 Å². The Labute approximate surface area is 86.4 Å². The van der Waals surface area contributed by atoms with Gasteiger partial charge >= 0.3 is 0 Å². The molecule has 2 aromatic rings. The molecular weight excluding hydrogens is 194 g/mol. The second kappa shape index (κ2) is 3.61. The summed E-state index contributed by atoms with van der Waals surface area (Å²) in [4.78, 5) is 0. The summed E-state index contributed by atoms with van der Waals surface area (Å²) in [7, 11) is 3.34. The van der Waals surface area contributed by atoms with Gasteiger partial charge in [-0.05, 0) is 18.2 Å². The molecule has 0 aliphatic carbocycles. The van der Waals surface area contributed by atoms with Crippen LogP contribution in [0.2, 0.25) is 0 Å². The van der Waals surface area contributed by atoms with E-state index in [-0.39, 0.29) is 5.55 Å². The van der Waals surface area contributed by atoms with Crippen LogP contribution >= 0.6 is 0 Å². The first-order valence-electron chi connectivity index (χ1n) is 4.44. The molecule has 0 saturated carbocycles. The number of benzene rings is 1. The molecule has 0 spiro atoms. The highest BCUT2D eigenvalue weighted by molar-refractivity contribution is 5.56. The number of ether oxygens (including phenoxy) is 1. The Kier molecular flexibility index (Phi) is 2.29. The van der Waals surface area contributed by atoms with Gasteiger partial charge in [0.2, 0.25) is 0 Å². The summed E-state index contributed by atoms with van der Waals surface area (Å²) in [6.45, 7) is 0. The van der Waals surface area contributed by atoms with Gasteiger partial charge in [0.1, 0.15) is 12.8 Å². The Bertz CT molecular complexity index is 527. The predicted octanol–water partition coefficient (Wildman–Crippen LogP) is 0.216. The predicted molar refractivity (Wildman–Crippen MR) is 51.0 cm³/mol. The van der Waals surface area contributed by atoms with Crippen molar-refractivity contribution in [1.29, 1.82) is 5.41 Å². The summed E-state index contributed by atoms with van der Waals surface area (Å²) in [5.74, 6) is 0.744. The Hall–Kier alpha value is -2.04. The fourth-order valence-electron chi connectivity index (χ4n) is 1.42. The number of hydrogen-bond donors (Lipinski definition) is 1. The summed E-state index contributed by atoms with van der Waals surface area (Å²) < 4.78 is 11.4. The van der Waals surface area contributed by atoms with Gasteiger partial charge in [0.15, 0.2) is 0 Å². The van der Waals surface area contributed by atoms with Crippen LogP contribution in [0.5, 0.6) is 5.75 Å². The van der Waals surface area contributed by atoms with Crippen LogP contribution < -0.4 is 20.2 Å². The lowest BCUT2D eigenvalue weighted by atomic mass is 10.1. The third-order valence-electron chi connectivity index (χ3n) is 2.14. The smallest absolute Gasteiger partial charge is 0.273 e. The summed E-state index contributed by atoms with van der Waals surface area (Å²) in [6, 6.07) is 7.43. The van der Waals surface area contributed by atoms with Gasteiger partial charge in [-0.15, -0.1) is 0 Å². The van der Waals surface area contributed by atoms with Crippen molar-refractivity contribution in [3.05, 3.63) is 29.8 Å². The molecule has 0 saturated heterocycles. The van der Waals surface area contributed by atoms with E-state index in [4.69, 9.17) is 14.7 Å². The molecule has 5 nitrogen and oxygen atoms in total. The van der Waals surface area contributed by atoms with E-state index in [1.807, 2.05) is 24.3 Å². The van der Waals surface area contributed by atoms with E-state index >= 15 is 0 Å². The molecule has 0 radical (unpaired) electrons. The van der Waals surface area contributed by atoms with Gasteiger partial charge in [-0.2, -0.15) is 0 Å². The van der Waals surface area contributed by atoms with Crippen LogP contribution in [0.4, 0.5) is 0 Å². The van der Waals surface area contributed by atoms with Crippen molar-refractivity contribution in [2.24, 2.45) is 7.05 Å². The molecule has 1 aromatic carbocycles. The minimum absolute atomic E-state index is 0.0470. The zero-order valence-corrected chi connectivity index (χ0v) is 8.52. The van der Waals surface area contributed by atoms with Crippen molar-refractivity contribution in [2.75, 3.05) is 7.11 Å². The number of aryl methyl sites for hydroxylation is 1. The van der Waals surface area contributed by atoms with Crippen LogP contribution in [0.25, 0.3) is 11.3 Å². The first kappa shape index (κ1) is 9.51. The lowest BCUT2D eigenvalue weighted by molar-refractivity contribution is -0.735. The van der Waals surface area contributed by atoms with Crippen molar-refractivity contribution < 1.29 is 13.9 Å². The highest BCUT2D eigenvalue weighted by atomic mass is 16.5. The zero-order chi connectivity index (χ0) is 10.8. The third-order valence-corrected chi connectivity index (χ3v) is 2.14. The Balaban J connectivity index is 2.59. The maximum atomic E-state index is 7.57. The summed E-state index contributed by atoms with van der Waals surface area (Å²) >= 11 is 0. The molecule has 1 heterocycles. The quantitative estimate of drug-likeness (QED) is 0.713. The topological polar surface area (TPSA) is 64.2 Å². The number of rotatable bonds is 2.